The number of likely N-dealkylation sites (tertiary alicyclic amines) is 1. The number of aromatic nitrogens is 6. The van der Waals surface area contributed by atoms with Gasteiger partial charge in [0.05, 0.1) is 60.2 Å². The summed E-state index contributed by atoms with van der Waals surface area (Å²) in [6.45, 7) is 11.7. The number of carbonyl (C=O) groups is 4. The third-order valence-corrected chi connectivity index (χ3v) is 19.2. The topological polar surface area (TPSA) is 282 Å². The molecule has 0 aliphatic carbocycles. The molecule has 0 unspecified atom stereocenters. The van der Waals surface area contributed by atoms with Crippen LogP contribution in [0.4, 0.5) is 23.3 Å². The van der Waals surface area contributed by atoms with Gasteiger partial charge in [-0.1, -0.05) is 110 Å². The fraction of sp³-hybridized carbons (Fsp3) is 0.235. The van der Waals surface area contributed by atoms with Gasteiger partial charge in [-0.2, -0.15) is 0 Å². The molecule has 0 atom stereocenters. The summed E-state index contributed by atoms with van der Waals surface area (Å²) in [6, 6.07) is 41.5. The van der Waals surface area contributed by atoms with Crippen LogP contribution in [0.3, 0.4) is 0 Å². The third kappa shape index (κ3) is 16.0. The molecule has 93 heavy (non-hydrogen) atoms. The van der Waals surface area contributed by atoms with E-state index in [1.165, 1.54) is 34.1 Å². The normalized spacial score (nSPS) is 13.6. The summed E-state index contributed by atoms with van der Waals surface area (Å²) in [7, 11) is -7.67. The van der Waals surface area contributed by atoms with Gasteiger partial charge >= 0.3 is 5.97 Å². The quantitative estimate of drug-likeness (QED) is 0.0590. The van der Waals surface area contributed by atoms with E-state index in [2.05, 4.69) is 41.5 Å². The molecule has 10 aromatic rings. The van der Waals surface area contributed by atoms with E-state index in [-0.39, 0.29) is 45.2 Å². The molecule has 21 nitrogen and oxygen atoms in total. The van der Waals surface area contributed by atoms with E-state index < -0.39 is 26.0 Å². The van der Waals surface area contributed by atoms with Crippen molar-refractivity contribution in [2.45, 2.75) is 89.1 Å². The molecule has 482 valence electrons. The van der Waals surface area contributed by atoms with E-state index in [4.69, 9.17) is 34.7 Å². The first-order valence-electron chi connectivity index (χ1n) is 30.5. The lowest BCUT2D eigenvalue weighted by Crippen LogP contribution is -2.42. The number of amides is 3. The van der Waals surface area contributed by atoms with Crippen LogP contribution in [-0.4, -0.2) is 117 Å². The third-order valence-electron chi connectivity index (χ3n) is 15.3. The molecule has 0 spiro atoms. The number of carboxylic acid groups (broad SMARTS) is 1. The number of nitrogens with zero attached hydrogens (tertiary/aromatic N) is 7. The number of benzene rings is 6. The van der Waals surface area contributed by atoms with E-state index in [1.807, 2.05) is 42.2 Å². The SMILES string of the molecule is CC(=O)Nc1ccc(C(=O)N2CCC(Nc3ncc(Cl)c(-c4cn(S(=O)(=O)c5ccccc5)c5ccccc45)n3)CC2)c(C)c1.CC(=O)Nc1ccc(C(=O)O)c(C)c1.O=S(=O)(c1ccccc1)n1cc(-c2nc(NC3CCNCC3)ncc2Cl)c2ccccc21.[2H]CC. The van der Waals surface area contributed by atoms with Gasteiger partial charge in [-0.05, 0) is 137 Å². The molecular formula is C68H70Cl2N12O9S2. The Kier molecular flexibility index (Phi) is 21.6. The first kappa shape index (κ1) is 66.4. The molecule has 2 aliphatic heterocycles. The Balaban J connectivity index is 0.000000183. The minimum Gasteiger partial charge on any atom is -0.478 e. The van der Waals surface area contributed by atoms with Gasteiger partial charge in [-0.15, -0.1) is 0 Å². The molecule has 2 aliphatic rings. The molecule has 0 bridgehead atoms. The second kappa shape index (κ2) is 30.3. The maximum atomic E-state index is 13.6. The Morgan fingerprint density at radius 1 is 0.581 bits per heavy atom. The maximum Gasteiger partial charge on any atom is 0.335 e. The van der Waals surface area contributed by atoms with Crippen molar-refractivity contribution in [1.82, 2.24) is 38.1 Å². The van der Waals surface area contributed by atoms with E-state index in [0.29, 0.717) is 116 Å². The van der Waals surface area contributed by atoms with Crippen LogP contribution in [0.25, 0.3) is 44.3 Å². The predicted octanol–water partition coefficient (Wildman–Crippen LogP) is 12.8. The van der Waals surface area contributed by atoms with Crippen LogP contribution in [0, 0.1) is 13.8 Å². The molecule has 6 aromatic carbocycles. The highest BCUT2D eigenvalue weighted by Crippen LogP contribution is 2.38. The van der Waals surface area contributed by atoms with Gasteiger partial charge in [0, 0.05) is 91.6 Å². The molecule has 12 rings (SSSR count). The van der Waals surface area contributed by atoms with Crippen molar-refractivity contribution in [3.8, 4) is 22.5 Å². The molecule has 25 heteroatoms. The second-order valence-corrected chi connectivity index (χ2v) is 26.2. The zero-order valence-corrected chi connectivity index (χ0v) is 54.7. The Hall–Kier alpha value is -9.52. The van der Waals surface area contributed by atoms with Gasteiger partial charge in [0.1, 0.15) is 0 Å². The summed E-state index contributed by atoms with van der Waals surface area (Å²) in [5.41, 5.74) is 6.75. The van der Waals surface area contributed by atoms with Crippen molar-refractivity contribution in [2.75, 3.05) is 47.4 Å². The number of rotatable bonds is 14. The number of halogens is 2. The summed E-state index contributed by atoms with van der Waals surface area (Å²) < 4.78 is 62.7. The van der Waals surface area contributed by atoms with Gasteiger partial charge in [0.25, 0.3) is 26.0 Å². The van der Waals surface area contributed by atoms with Crippen molar-refractivity contribution < 1.29 is 42.5 Å². The van der Waals surface area contributed by atoms with Crippen molar-refractivity contribution in [3.05, 3.63) is 203 Å². The van der Waals surface area contributed by atoms with Crippen LogP contribution in [0.5, 0.6) is 0 Å². The molecule has 4 aromatic heterocycles. The maximum absolute atomic E-state index is 13.6. The summed E-state index contributed by atoms with van der Waals surface area (Å²) in [5, 5.41) is 26.3. The van der Waals surface area contributed by atoms with Crippen LogP contribution in [0.1, 0.15) is 86.6 Å². The minimum atomic E-state index is -3.87. The summed E-state index contributed by atoms with van der Waals surface area (Å²) >= 11 is 13.1. The Morgan fingerprint density at radius 2 is 0.978 bits per heavy atom. The van der Waals surface area contributed by atoms with E-state index in [1.54, 1.807) is 142 Å². The number of piperidine rings is 2. The standard InChI is InChI=1S/C33H31ClN6O4S.C23H22ClN5O2S.C10H11NO3.C2H6/c1-21-18-24(36-22(2)41)12-13-26(21)32(42)39-16-14-23(15-17-39)37-33-35-19-29(34)31(38-33)28-20-40(30-11-7-6-10-27(28)30)45(43,44)25-8-4-3-5-9-25;24-20-14-26-23(27-16-10-12-25-13-11-16)28-22(20)19-15-29(21-9-5-4-8-18(19)21)32(30,31)17-6-2-1-3-7-17;1-6-5-8(11-7(2)12)3-4-9(6)10(13)14;1-2/h3-13,18-20,23H,14-17H2,1-2H3,(H,36,41)(H,35,37,38);1-9,14-16,25H,10-13H2,(H,26,27,28);3-5H,1-2H3,(H,11,12)(H,13,14);1-2H3/i;;;1D. The van der Waals surface area contributed by atoms with Crippen LogP contribution in [0.2, 0.25) is 10.0 Å². The van der Waals surface area contributed by atoms with Crippen LogP contribution in [0.15, 0.2) is 180 Å². The number of hydrogen-bond acceptors (Lipinski definition) is 15. The number of carboxylic acids is 1. The number of aryl methyl sites for hydroxylation is 2. The Bertz CT molecular complexity index is 4620. The number of fused-ring (bicyclic) bond motifs is 2. The van der Waals surface area contributed by atoms with Crippen LogP contribution in [-0.2, 0) is 29.6 Å². The average Bonchev–Trinajstić information content (AvgIpc) is 1.62. The Morgan fingerprint density at radius 3 is 1.39 bits per heavy atom. The highest BCUT2D eigenvalue weighted by molar-refractivity contribution is 7.90. The lowest BCUT2D eigenvalue weighted by Gasteiger charge is -2.32. The molecule has 2 saturated heterocycles. The van der Waals surface area contributed by atoms with Crippen molar-refractivity contribution in [1.29, 1.82) is 0 Å². The number of nitrogens with one attached hydrogen (secondary N) is 5. The van der Waals surface area contributed by atoms with Gasteiger partial charge in [0.2, 0.25) is 23.7 Å². The van der Waals surface area contributed by atoms with Crippen molar-refractivity contribution >= 4 is 112 Å². The van der Waals surface area contributed by atoms with Gasteiger partial charge in [0.15, 0.2) is 0 Å². The fourth-order valence-corrected chi connectivity index (χ4v) is 14.0. The number of carbonyl (C=O) groups excluding carboxylic acids is 3. The zero-order chi connectivity index (χ0) is 67.3. The second-order valence-electron chi connectivity index (χ2n) is 21.7. The number of anilines is 4. The lowest BCUT2D eigenvalue weighted by atomic mass is 10.0. The van der Waals surface area contributed by atoms with Crippen LogP contribution >= 0.6 is 23.2 Å². The number of para-hydroxylation sites is 2. The summed E-state index contributed by atoms with van der Waals surface area (Å²) in [6.07, 6.45) is 9.55. The van der Waals surface area contributed by atoms with Crippen molar-refractivity contribution in [2.24, 2.45) is 0 Å². The Labute approximate surface area is 551 Å². The van der Waals surface area contributed by atoms with Gasteiger partial charge in [-0.3, -0.25) is 14.4 Å². The molecule has 3 amide bonds. The largest absolute Gasteiger partial charge is 0.478 e. The fourth-order valence-electron chi connectivity index (χ4n) is 10.8. The van der Waals surface area contributed by atoms with Crippen molar-refractivity contribution in [3.63, 3.8) is 0 Å². The molecular weight excluding hydrogens is 1260 g/mol. The average molecular weight is 1340 g/mol. The van der Waals surface area contributed by atoms with E-state index in [0.717, 1.165) is 36.9 Å². The van der Waals surface area contributed by atoms with Gasteiger partial charge in [-0.25, -0.2) is 49.5 Å². The molecule has 0 radical (unpaired) electrons. The lowest BCUT2D eigenvalue weighted by molar-refractivity contribution is -0.115. The highest BCUT2D eigenvalue weighted by atomic mass is 35.5. The minimum absolute atomic E-state index is 0.0196. The first-order valence-corrected chi connectivity index (χ1v) is 33.4. The first-order chi connectivity index (χ1) is 45.1. The number of aromatic carboxylic acids is 1. The summed E-state index contributed by atoms with van der Waals surface area (Å²) in [5.74, 6) is -0.496. The highest BCUT2D eigenvalue weighted by Gasteiger charge is 2.28. The molecule has 6 N–H and O–H groups in total. The van der Waals surface area contributed by atoms with Crippen LogP contribution < -0.4 is 26.6 Å². The van der Waals surface area contributed by atoms with Gasteiger partial charge < -0.3 is 36.6 Å². The summed E-state index contributed by atoms with van der Waals surface area (Å²) in [4.78, 5) is 66.4. The van der Waals surface area contributed by atoms with E-state index >= 15 is 0 Å². The number of hydrogen-bond donors (Lipinski definition) is 6. The monoisotopic (exact) mass is 1330 g/mol. The molecule has 2 fully saturated rings. The smallest absolute Gasteiger partial charge is 0.335 e. The molecule has 0 saturated carbocycles. The van der Waals surface area contributed by atoms with E-state index in [9.17, 15) is 36.0 Å². The molecule has 6 heterocycles. The zero-order valence-electron chi connectivity index (χ0n) is 52.6. The predicted molar refractivity (Wildman–Crippen MR) is 365 cm³/mol.